The minimum atomic E-state index is 0.517. The lowest BCUT2D eigenvalue weighted by Gasteiger charge is -2.02. The van der Waals surface area contributed by atoms with E-state index in [1.165, 1.54) is 24.0 Å². The quantitative estimate of drug-likeness (QED) is 0.688. The molecule has 19 heavy (non-hydrogen) atoms. The first-order valence-electron chi connectivity index (χ1n) is 6.44. The molecule has 1 saturated carbocycles. The summed E-state index contributed by atoms with van der Waals surface area (Å²) in [6.07, 6.45) is 4.22. The fourth-order valence-corrected chi connectivity index (χ4v) is 2.23. The number of benzene rings is 1. The summed E-state index contributed by atoms with van der Waals surface area (Å²) in [6.45, 7) is 4.16. The topological polar surface area (TPSA) is 46.0 Å². The normalized spacial score (nSPS) is 15.3. The van der Waals surface area contributed by atoms with Crippen LogP contribution in [-0.4, -0.2) is 21.1 Å². The highest BCUT2D eigenvalue weighted by molar-refractivity contribution is 7.71. The van der Waals surface area contributed by atoms with Gasteiger partial charge in [0.1, 0.15) is 0 Å². The van der Waals surface area contributed by atoms with Crippen LogP contribution < -0.4 is 0 Å². The van der Waals surface area contributed by atoms with Gasteiger partial charge in [0.05, 0.1) is 6.21 Å². The van der Waals surface area contributed by atoms with Gasteiger partial charge in [0.2, 0.25) is 4.77 Å². The number of aromatic amines is 1. The number of rotatable bonds is 3. The predicted molar refractivity (Wildman–Crippen MR) is 78.3 cm³/mol. The van der Waals surface area contributed by atoms with Gasteiger partial charge in [-0.05, 0) is 50.0 Å². The number of hydrogen-bond donors (Lipinski definition) is 1. The minimum Gasteiger partial charge on any atom is -0.250 e. The van der Waals surface area contributed by atoms with Crippen LogP contribution in [0.15, 0.2) is 23.3 Å². The van der Waals surface area contributed by atoms with Gasteiger partial charge in [0.25, 0.3) is 0 Å². The Morgan fingerprint density at radius 3 is 2.95 bits per heavy atom. The van der Waals surface area contributed by atoms with E-state index in [0.717, 1.165) is 11.4 Å². The molecule has 1 aliphatic rings. The van der Waals surface area contributed by atoms with E-state index in [0.29, 0.717) is 10.7 Å². The average molecular weight is 272 g/mol. The Morgan fingerprint density at radius 1 is 1.42 bits per heavy atom. The molecular weight excluding hydrogens is 256 g/mol. The Labute approximate surface area is 117 Å². The molecule has 1 aromatic heterocycles. The summed E-state index contributed by atoms with van der Waals surface area (Å²) in [5, 5.41) is 11.6. The van der Waals surface area contributed by atoms with Crippen molar-refractivity contribution in [3.63, 3.8) is 0 Å². The third kappa shape index (κ3) is 2.51. The first-order valence-corrected chi connectivity index (χ1v) is 6.85. The molecule has 5 heteroatoms. The molecule has 1 aromatic carbocycles. The molecule has 1 heterocycles. The molecule has 0 amide bonds. The van der Waals surface area contributed by atoms with Crippen molar-refractivity contribution in [1.29, 1.82) is 0 Å². The molecule has 0 saturated heterocycles. The van der Waals surface area contributed by atoms with E-state index in [1.807, 2.05) is 6.21 Å². The molecule has 4 nitrogen and oxygen atoms in total. The van der Waals surface area contributed by atoms with Crippen LogP contribution in [-0.2, 0) is 0 Å². The summed E-state index contributed by atoms with van der Waals surface area (Å²) in [7, 11) is 0. The first-order chi connectivity index (χ1) is 9.15. The maximum Gasteiger partial charge on any atom is 0.216 e. The number of H-pyrrole nitrogens is 1. The summed E-state index contributed by atoms with van der Waals surface area (Å²) in [5.41, 5.74) is 3.55. The van der Waals surface area contributed by atoms with Crippen LogP contribution in [0.25, 0.3) is 0 Å². The van der Waals surface area contributed by atoms with Gasteiger partial charge in [-0.1, -0.05) is 23.8 Å². The number of nitrogens with one attached hydrogen (secondary N) is 1. The zero-order valence-electron chi connectivity index (χ0n) is 11.1. The van der Waals surface area contributed by atoms with Gasteiger partial charge in [-0.2, -0.15) is 14.9 Å². The van der Waals surface area contributed by atoms with E-state index < -0.39 is 0 Å². The molecule has 0 bridgehead atoms. The Kier molecular flexibility index (Phi) is 3.06. The smallest absolute Gasteiger partial charge is 0.216 e. The minimum absolute atomic E-state index is 0.517. The van der Waals surface area contributed by atoms with Gasteiger partial charge >= 0.3 is 0 Å². The lowest BCUT2D eigenvalue weighted by Crippen LogP contribution is -1.98. The number of hydrogen-bond acceptors (Lipinski definition) is 3. The average Bonchev–Trinajstić information content (AvgIpc) is 3.16. The Bertz CT molecular complexity index is 692. The SMILES string of the molecule is Cc1ccc(C)c(/C=N\n2c(C3CC3)n[nH]c2=S)c1. The van der Waals surface area contributed by atoms with Crippen molar-refractivity contribution >= 4 is 18.4 Å². The lowest BCUT2D eigenvalue weighted by atomic mass is 10.1. The van der Waals surface area contributed by atoms with Crippen LogP contribution in [0.1, 0.15) is 41.3 Å². The number of aryl methyl sites for hydroxylation is 2. The second-order valence-corrected chi connectivity index (χ2v) is 5.46. The molecule has 0 radical (unpaired) electrons. The van der Waals surface area contributed by atoms with Crippen LogP contribution >= 0.6 is 12.2 Å². The molecule has 0 unspecified atom stereocenters. The van der Waals surface area contributed by atoms with Crippen molar-refractivity contribution in [1.82, 2.24) is 14.9 Å². The maximum atomic E-state index is 5.23. The van der Waals surface area contributed by atoms with Crippen LogP contribution in [0, 0.1) is 18.6 Å². The molecule has 1 fully saturated rings. The summed E-state index contributed by atoms with van der Waals surface area (Å²) >= 11 is 5.23. The second kappa shape index (κ2) is 4.74. The zero-order valence-corrected chi connectivity index (χ0v) is 11.9. The van der Waals surface area contributed by atoms with Crippen molar-refractivity contribution in [2.75, 3.05) is 0 Å². The predicted octanol–water partition coefficient (Wildman–Crippen LogP) is 3.32. The van der Waals surface area contributed by atoms with Gasteiger partial charge < -0.3 is 0 Å². The monoisotopic (exact) mass is 272 g/mol. The molecular formula is C14H16N4S. The van der Waals surface area contributed by atoms with Gasteiger partial charge in [-0.25, -0.2) is 0 Å². The Morgan fingerprint density at radius 2 is 2.21 bits per heavy atom. The fourth-order valence-electron chi connectivity index (χ4n) is 2.04. The zero-order chi connectivity index (χ0) is 13.4. The van der Waals surface area contributed by atoms with Crippen LogP contribution in [0.2, 0.25) is 0 Å². The van der Waals surface area contributed by atoms with Crippen molar-refractivity contribution in [2.24, 2.45) is 5.10 Å². The van der Waals surface area contributed by atoms with Crippen LogP contribution in [0.5, 0.6) is 0 Å². The highest BCUT2D eigenvalue weighted by Gasteiger charge is 2.29. The third-order valence-corrected chi connectivity index (χ3v) is 3.63. The van der Waals surface area contributed by atoms with E-state index in [9.17, 15) is 0 Å². The third-order valence-electron chi connectivity index (χ3n) is 3.37. The maximum absolute atomic E-state index is 5.23. The summed E-state index contributed by atoms with van der Waals surface area (Å²) in [6, 6.07) is 6.33. The van der Waals surface area contributed by atoms with E-state index in [-0.39, 0.29) is 0 Å². The van der Waals surface area contributed by atoms with E-state index in [4.69, 9.17) is 12.2 Å². The number of nitrogens with zero attached hydrogens (tertiary/aromatic N) is 3. The lowest BCUT2D eigenvalue weighted by molar-refractivity contribution is 0.772. The fraction of sp³-hybridized carbons (Fsp3) is 0.357. The largest absolute Gasteiger partial charge is 0.250 e. The molecule has 1 N–H and O–H groups in total. The molecule has 0 atom stereocenters. The molecule has 1 aliphatic carbocycles. The van der Waals surface area contributed by atoms with Crippen LogP contribution in [0.3, 0.4) is 0 Å². The van der Waals surface area contributed by atoms with Gasteiger partial charge in [0.15, 0.2) is 5.82 Å². The van der Waals surface area contributed by atoms with Gasteiger partial charge in [0, 0.05) is 5.92 Å². The Hall–Kier alpha value is -1.75. The summed E-state index contributed by atoms with van der Waals surface area (Å²) in [5.74, 6) is 1.47. The van der Waals surface area contributed by atoms with Crippen molar-refractivity contribution in [3.05, 3.63) is 45.5 Å². The molecule has 2 aromatic rings. The van der Waals surface area contributed by atoms with Gasteiger partial charge in [-0.15, -0.1) is 0 Å². The van der Waals surface area contributed by atoms with Gasteiger partial charge in [-0.3, -0.25) is 5.10 Å². The standard InChI is InChI=1S/C14H16N4S/c1-9-3-4-10(2)12(7-9)8-15-18-13(11-5-6-11)16-17-14(18)19/h3-4,7-8,11H,5-6H2,1-2H3,(H,17,19)/b15-8-. The van der Waals surface area contributed by atoms with E-state index >= 15 is 0 Å². The molecule has 3 rings (SSSR count). The van der Waals surface area contributed by atoms with E-state index in [1.54, 1.807) is 4.68 Å². The highest BCUT2D eigenvalue weighted by atomic mass is 32.1. The second-order valence-electron chi connectivity index (χ2n) is 5.08. The Balaban J connectivity index is 1.96. The summed E-state index contributed by atoms with van der Waals surface area (Å²) in [4.78, 5) is 0. The van der Waals surface area contributed by atoms with E-state index in [2.05, 4.69) is 47.3 Å². The first kappa shape index (κ1) is 12.3. The van der Waals surface area contributed by atoms with Crippen molar-refractivity contribution in [2.45, 2.75) is 32.6 Å². The molecule has 0 spiro atoms. The van der Waals surface area contributed by atoms with Crippen molar-refractivity contribution in [3.8, 4) is 0 Å². The highest BCUT2D eigenvalue weighted by Crippen LogP contribution is 2.38. The number of aromatic nitrogens is 3. The van der Waals surface area contributed by atoms with Crippen LogP contribution in [0.4, 0.5) is 0 Å². The molecule has 98 valence electrons. The summed E-state index contributed by atoms with van der Waals surface area (Å²) < 4.78 is 2.30. The molecule has 0 aliphatic heterocycles. The van der Waals surface area contributed by atoms with Crippen molar-refractivity contribution < 1.29 is 0 Å².